The molecule has 7 nitrogen and oxygen atoms in total. The van der Waals surface area contributed by atoms with E-state index in [1.54, 1.807) is 4.90 Å². The van der Waals surface area contributed by atoms with Crippen LogP contribution in [0.15, 0.2) is 103 Å². The molecule has 0 saturated carbocycles. The standard InChI is InChI=1S/C40H48N2O5/c1-29(2)26-42(27-35(37(43)47-40(3,4)5)23-20-30-14-8-6-9-15-30)39(45)41-36(38(44)46-28-31-16-10-7-11-17-31)25-32-21-22-33-18-12-13-19-34(33)24-32/h6-19,21-22,24,29,35-36H,20,23,25-28H2,1-5H3,(H,41,45)/t35?,36-/m0/s1. The molecule has 0 aromatic heterocycles. The van der Waals surface area contributed by atoms with E-state index >= 15 is 0 Å². The van der Waals surface area contributed by atoms with Crippen LogP contribution in [0.1, 0.15) is 57.7 Å². The predicted molar refractivity (Wildman–Crippen MR) is 187 cm³/mol. The van der Waals surface area contributed by atoms with Crippen molar-refractivity contribution in [3.63, 3.8) is 0 Å². The third kappa shape index (κ3) is 11.6. The molecular weight excluding hydrogens is 588 g/mol. The minimum Gasteiger partial charge on any atom is -0.460 e. The van der Waals surface area contributed by atoms with Gasteiger partial charge in [-0.25, -0.2) is 9.59 Å². The van der Waals surface area contributed by atoms with Crippen LogP contribution in [-0.4, -0.2) is 47.6 Å². The van der Waals surface area contributed by atoms with E-state index in [1.807, 2.05) is 138 Å². The van der Waals surface area contributed by atoms with E-state index in [9.17, 15) is 14.4 Å². The van der Waals surface area contributed by atoms with Crippen LogP contribution in [0.5, 0.6) is 0 Å². The number of aryl methyl sites for hydroxylation is 1. The highest BCUT2D eigenvalue weighted by atomic mass is 16.6. The zero-order valence-electron chi connectivity index (χ0n) is 28.3. The number of carbonyl (C=O) groups excluding carboxylic acids is 3. The maximum Gasteiger partial charge on any atom is 0.329 e. The van der Waals surface area contributed by atoms with Gasteiger partial charge in [0.05, 0.1) is 5.92 Å². The molecule has 7 heteroatoms. The number of esters is 2. The molecule has 4 rings (SSSR count). The summed E-state index contributed by atoms with van der Waals surface area (Å²) in [5, 5.41) is 5.12. The summed E-state index contributed by atoms with van der Waals surface area (Å²) in [5.74, 6) is -1.29. The number of amides is 2. The Morgan fingerprint density at radius 1 is 0.723 bits per heavy atom. The molecule has 1 N–H and O–H groups in total. The Morgan fingerprint density at radius 2 is 1.34 bits per heavy atom. The monoisotopic (exact) mass is 636 g/mol. The zero-order chi connectivity index (χ0) is 33.8. The highest BCUT2D eigenvalue weighted by Gasteiger charge is 2.31. The largest absolute Gasteiger partial charge is 0.460 e. The number of ether oxygens (including phenoxy) is 2. The van der Waals surface area contributed by atoms with Gasteiger partial charge in [0.1, 0.15) is 18.2 Å². The minimum atomic E-state index is -0.939. The number of urea groups is 1. The summed E-state index contributed by atoms with van der Waals surface area (Å²) < 4.78 is 11.5. The molecule has 2 amide bonds. The zero-order valence-corrected chi connectivity index (χ0v) is 28.3. The van der Waals surface area contributed by atoms with Crippen molar-refractivity contribution in [3.05, 3.63) is 120 Å². The van der Waals surface area contributed by atoms with E-state index in [0.29, 0.717) is 19.4 Å². The van der Waals surface area contributed by atoms with E-state index in [-0.39, 0.29) is 31.5 Å². The fourth-order valence-electron chi connectivity index (χ4n) is 5.47. The van der Waals surface area contributed by atoms with Gasteiger partial charge in [-0.05, 0) is 67.0 Å². The highest BCUT2D eigenvalue weighted by molar-refractivity contribution is 5.86. The number of nitrogens with one attached hydrogen (secondary N) is 1. The van der Waals surface area contributed by atoms with Crippen molar-refractivity contribution in [2.75, 3.05) is 13.1 Å². The fourth-order valence-corrected chi connectivity index (χ4v) is 5.47. The van der Waals surface area contributed by atoms with Gasteiger partial charge in [-0.3, -0.25) is 4.79 Å². The Labute approximate surface area is 279 Å². The molecule has 4 aromatic rings. The van der Waals surface area contributed by atoms with Gasteiger partial charge in [-0.1, -0.05) is 117 Å². The number of carbonyl (C=O) groups is 3. The number of nitrogens with zero attached hydrogens (tertiary/aromatic N) is 1. The van der Waals surface area contributed by atoms with Gasteiger partial charge in [-0.2, -0.15) is 0 Å². The van der Waals surface area contributed by atoms with E-state index in [2.05, 4.69) is 5.32 Å². The molecule has 0 heterocycles. The smallest absolute Gasteiger partial charge is 0.329 e. The molecular formula is C40H48N2O5. The molecule has 47 heavy (non-hydrogen) atoms. The van der Waals surface area contributed by atoms with Crippen molar-refractivity contribution >= 4 is 28.7 Å². The van der Waals surface area contributed by atoms with Crippen molar-refractivity contribution in [1.29, 1.82) is 0 Å². The Hall–Kier alpha value is -4.65. The summed E-state index contributed by atoms with van der Waals surface area (Å²) in [4.78, 5) is 42.7. The second-order valence-corrected chi connectivity index (χ2v) is 13.5. The van der Waals surface area contributed by atoms with Gasteiger partial charge in [-0.15, -0.1) is 0 Å². The average molecular weight is 637 g/mol. The van der Waals surface area contributed by atoms with E-state index in [1.165, 1.54) is 0 Å². The molecule has 2 atom stereocenters. The van der Waals surface area contributed by atoms with Gasteiger partial charge in [0.15, 0.2) is 0 Å². The van der Waals surface area contributed by atoms with Gasteiger partial charge in [0, 0.05) is 19.5 Å². The van der Waals surface area contributed by atoms with Crippen molar-refractivity contribution in [1.82, 2.24) is 10.2 Å². The van der Waals surface area contributed by atoms with Crippen molar-refractivity contribution in [2.24, 2.45) is 11.8 Å². The molecule has 0 spiro atoms. The lowest BCUT2D eigenvalue weighted by Crippen LogP contribution is -2.52. The minimum absolute atomic E-state index is 0.0969. The Kier molecular flexibility index (Phi) is 12.6. The summed E-state index contributed by atoms with van der Waals surface area (Å²) >= 11 is 0. The van der Waals surface area contributed by atoms with Crippen LogP contribution >= 0.6 is 0 Å². The van der Waals surface area contributed by atoms with Crippen LogP contribution in [0.3, 0.4) is 0 Å². The Balaban J connectivity index is 1.56. The number of fused-ring (bicyclic) bond motifs is 1. The third-order valence-corrected chi connectivity index (χ3v) is 7.74. The Bertz CT molecular complexity index is 1600. The summed E-state index contributed by atoms with van der Waals surface area (Å²) in [6, 6.07) is 32.1. The van der Waals surface area contributed by atoms with Gasteiger partial charge >= 0.3 is 18.0 Å². The molecule has 248 valence electrons. The normalized spacial score (nSPS) is 12.7. The lowest BCUT2D eigenvalue weighted by atomic mass is 9.98. The average Bonchev–Trinajstić information content (AvgIpc) is 3.04. The highest BCUT2D eigenvalue weighted by Crippen LogP contribution is 2.20. The molecule has 0 saturated heterocycles. The summed E-state index contributed by atoms with van der Waals surface area (Å²) in [6.45, 7) is 10.2. The second-order valence-electron chi connectivity index (χ2n) is 13.5. The quantitative estimate of drug-likeness (QED) is 0.143. The maximum atomic E-state index is 14.0. The first-order chi connectivity index (χ1) is 22.5. The van der Waals surface area contributed by atoms with Crippen molar-refractivity contribution in [3.8, 4) is 0 Å². The summed E-state index contributed by atoms with van der Waals surface area (Å²) in [7, 11) is 0. The number of hydrogen-bond donors (Lipinski definition) is 1. The number of hydrogen-bond acceptors (Lipinski definition) is 5. The van der Waals surface area contributed by atoms with Gasteiger partial charge < -0.3 is 19.7 Å². The third-order valence-electron chi connectivity index (χ3n) is 7.74. The van der Waals surface area contributed by atoms with Crippen molar-refractivity contribution in [2.45, 2.75) is 72.1 Å². The molecule has 0 fully saturated rings. The van der Waals surface area contributed by atoms with Gasteiger partial charge in [0.25, 0.3) is 0 Å². The first-order valence-corrected chi connectivity index (χ1v) is 16.5. The lowest BCUT2D eigenvalue weighted by molar-refractivity contribution is -0.160. The molecule has 4 aromatic carbocycles. The molecule has 0 radical (unpaired) electrons. The van der Waals surface area contributed by atoms with Crippen LogP contribution < -0.4 is 5.32 Å². The molecule has 0 bridgehead atoms. The summed E-state index contributed by atoms with van der Waals surface area (Å²) in [5.41, 5.74) is 2.20. The van der Waals surface area contributed by atoms with Gasteiger partial charge in [0.2, 0.25) is 0 Å². The predicted octanol–water partition coefficient (Wildman–Crippen LogP) is 7.75. The van der Waals surface area contributed by atoms with Crippen LogP contribution in [-0.2, 0) is 38.5 Å². The topological polar surface area (TPSA) is 84.9 Å². The SMILES string of the molecule is CC(C)CN(CC(CCc1ccccc1)C(=O)OC(C)(C)C)C(=O)N[C@@H](Cc1ccc2ccccc2c1)C(=O)OCc1ccccc1. The van der Waals surface area contributed by atoms with E-state index < -0.39 is 29.6 Å². The summed E-state index contributed by atoms with van der Waals surface area (Å²) in [6.07, 6.45) is 1.43. The van der Waals surface area contributed by atoms with E-state index in [0.717, 1.165) is 27.5 Å². The first-order valence-electron chi connectivity index (χ1n) is 16.5. The van der Waals surface area contributed by atoms with E-state index in [4.69, 9.17) is 9.47 Å². The van der Waals surface area contributed by atoms with Crippen LogP contribution in [0.4, 0.5) is 4.79 Å². The molecule has 0 aliphatic rings. The molecule has 0 aliphatic carbocycles. The first kappa shape index (κ1) is 35.2. The van der Waals surface area contributed by atoms with Crippen molar-refractivity contribution < 1.29 is 23.9 Å². The molecule has 0 aliphatic heterocycles. The second kappa shape index (κ2) is 16.8. The Morgan fingerprint density at radius 3 is 1.98 bits per heavy atom. The maximum absolute atomic E-state index is 14.0. The molecule has 1 unspecified atom stereocenters. The van der Waals surface area contributed by atoms with Crippen LogP contribution in [0.2, 0.25) is 0 Å². The van der Waals surface area contributed by atoms with Crippen LogP contribution in [0.25, 0.3) is 10.8 Å². The number of benzene rings is 4. The lowest BCUT2D eigenvalue weighted by Gasteiger charge is -2.31. The fraction of sp³-hybridized carbons (Fsp3) is 0.375. The number of rotatable bonds is 14. The van der Waals surface area contributed by atoms with Crippen LogP contribution in [0, 0.1) is 11.8 Å².